The smallest absolute Gasteiger partial charge is 0.243 e. The van der Waals surface area contributed by atoms with Crippen LogP contribution in [-0.2, 0) is 16.6 Å². The molecule has 1 fully saturated rings. The molecule has 1 aromatic rings. The first kappa shape index (κ1) is 16.9. The molecule has 7 heteroatoms. The van der Waals surface area contributed by atoms with Crippen LogP contribution in [0.3, 0.4) is 0 Å². The minimum absolute atomic E-state index is 0.0279. The van der Waals surface area contributed by atoms with Crippen molar-refractivity contribution in [1.82, 2.24) is 19.9 Å². The molecule has 3 atom stereocenters. The number of morpholine rings is 1. The second kappa shape index (κ2) is 6.75. The van der Waals surface area contributed by atoms with E-state index in [4.69, 9.17) is 4.74 Å². The number of carbonyl (C=O) groups is 1. The topological polar surface area (TPSA) is 72.3 Å². The fourth-order valence-corrected chi connectivity index (χ4v) is 3.05. The molecule has 1 amide bonds. The van der Waals surface area contributed by atoms with Gasteiger partial charge in [0.25, 0.3) is 0 Å². The first-order chi connectivity index (χ1) is 10.3. The zero-order valence-electron chi connectivity index (χ0n) is 14.3. The van der Waals surface area contributed by atoms with Gasteiger partial charge in [0.05, 0.1) is 23.9 Å². The minimum atomic E-state index is -0.199. The van der Waals surface area contributed by atoms with Gasteiger partial charge in [-0.1, -0.05) is 19.1 Å². The summed E-state index contributed by atoms with van der Waals surface area (Å²) in [6.07, 6.45) is 0.270. The predicted octanol–water partition coefficient (Wildman–Crippen LogP) is 1.20. The maximum absolute atomic E-state index is 12.8. The van der Waals surface area contributed by atoms with Crippen LogP contribution in [0.2, 0.25) is 0 Å². The van der Waals surface area contributed by atoms with E-state index >= 15 is 0 Å². The summed E-state index contributed by atoms with van der Waals surface area (Å²) in [6.45, 7) is 11.6. The molecule has 1 aliphatic heterocycles. The lowest BCUT2D eigenvalue weighted by atomic mass is 9.99. The van der Waals surface area contributed by atoms with E-state index in [9.17, 15) is 4.79 Å². The highest BCUT2D eigenvalue weighted by atomic mass is 16.5. The predicted molar refractivity (Wildman–Crippen MR) is 84.6 cm³/mol. The Balaban J connectivity index is 2.13. The summed E-state index contributed by atoms with van der Waals surface area (Å²) in [5.74, 6) is 0.710. The van der Waals surface area contributed by atoms with Gasteiger partial charge in [-0.25, -0.2) is 0 Å². The third kappa shape index (κ3) is 3.64. The molecule has 1 N–H and O–H groups in total. The first-order valence-corrected chi connectivity index (χ1v) is 7.86. The standard InChI is InChI=1S/C15H27N5O2/c1-9(2)13(20-7-10(3)22-11(4)8-20)15(21)16-14-12(5)19(6)18-17-14/h9-11,13H,7-8H2,1-6H3,(H,16,21). The summed E-state index contributed by atoms with van der Waals surface area (Å²) in [7, 11) is 1.81. The van der Waals surface area contributed by atoms with Crippen LogP contribution in [-0.4, -0.2) is 57.1 Å². The van der Waals surface area contributed by atoms with Crippen molar-refractivity contribution in [3.05, 3.63) is 5.69 Å². The molecule has 1 saturated heterocycles. The van der Waals surface area contributed by atoms with Crippen molar-refractivity contribution in [3.8, 4) is 0 Å². The molecule has 1 aromatic heterocycles. The summed E-state index contributed by atoms with van der Waals surface area (Å²) in [4.78, 5) is 15.0. The largest absolute Gasteiger partial charge is 0.373 e. The van der Waals surface area contributed by atoms with E-state index in [1.165, 1.54) is 0 Å². The zero-order chi connectivity index (χ0) is 16.4. The van der Waals surface area contributed by atoms with Crippen LogP contribution in [0.15, 0.2) is 0 Å². The lowest BCUT2D eigenvalue weighted by Crippen LogP contribution is -2.55. The van der Waals surface area contributed by atoms with E-state index in [-0.39, 0.29) is 30.1 Å². The zero-order valence-corrected chi connectivity index (χ0v) is 14.3. The maximum Gasteiger partial charge on any atom is 0.243 e. The van der Waals surface area contributed by atoms with Gasteiger partial charge in [0, 0.05) is 20.1 Å². The van der Waals surface area contributed by atoms with E-state index in [0.717, 1.165) is 18.8 Å². The number of aryl methyl sites for hydroxylation is 1. The summed E-state index contributed by atoms with van der Waals surface area (Å²) >= 11 is 0. The summed E-state index contributed by atoms with van der Waals surface area (Å²) in [6, 6.07) is -0.199. The third-order valence-electron chi connectivity index (χ3n) is 4.09. The molecular formula is C15H27N5O2. The van der Waals surface area contributed by atoms with E-state index in [2.05, 4.69) is 34.4 Å². The van der Waals surface area contributed by atoms with Crippen molar-refractivity contribution >= 4 is 11.7 Å². The van der Waals surface area contributed by atoms with Gasteiger partial charge in [0.1, 0.15) is 0 Å². The molecule has 2 heterocycles. The Bertz CT molecular complexity index is 518. The van der Waals surface area contributed by atoms with E-state index in [1.807, 2.05) is 27.8 Å². The van der Waals surface area contributed by atoms with E-state index < -0.39 is 0 Å². The molecule has 0 aliphatic carbocycles. The number of nitrogens with zero attached hydrogens (tertiary/aromatic N) is 4. The number of anilines is 1. The van der Waals surface area contributed by atoms with Crippen molar-refractivity contribution in [2.24, 2.45) is 13.0 Å². The summed E-state index contributed by atoms with van der Waals surface area (Å²) in [5, 5.41) is 10.9. The molecule has 0 saturated carbocycles. The van der Waals surface area contributed by atoms with Crippen LogP contribution >= 0.6 is 0 Å². The van der Waals surface area contributed by atoms with Crippen LogP contribution < -0.4 is 5.32 Å². The number of carbonyl (C=O) groups excluding carboxylic acids is 1. The van der Waals surface area contributed by atoms with Gasteiger partial charge in [-0.3, -0.25) is 14.4 Å². The Morgan fingerprint density at radius 1 is 1.32 bits per heavy atom. The maximum atomic E-state index is 12.8. The molecule has 0 bridgehead atoms. The number of amides is 1. The van der Waals surface area contributed by atoms with Gasteiger partial charge in [-0.15, -0.1) is 5.10 Å². The number of rotatable bonds is 4. The van der Waals surface area contributed by atoms with Crippen molar-refractivity contribution in [1.29, 1.82) is 0 Å². The average Bonchev–Trinajstić information content (AvgIpc) is 2.69. The Hall–Kier alpha value is -1.47. The first-order valence-electron chi connectivity index (χ1n) is 7.86. The Morgan fingerprint density at radius 3 is 2.36 bits per heavy atom. The molecule has 0 radical (unpaired) electrons. The number of ether oxygens (including phenoxy) is 1. The molecule has 0 aromatic carbocycles. The SMILES string of the molecule is Cc1c(NC(=O)C(C(C)C)N2CC(C)OC(C)C2)nnn1C. The molecule has 0 spiro atoms. The van der Waals surface area contributed by atoms with Crippen LogP contribution in [0, 0.1) is 12.8 Å². The van der Waals surface area contributed by atoms with Gasteiger partial charge >= 0.3 is 0 Å². The van der Waals surface area contributed by atoms with Crippen molar-refractivity contribution < 1.29 is 9.53 Å². The molecule has 7 nitrogen and oxygen atoms in total. The van der Waals surface area contributed by atoms with Crippen LogP contribution in [0.25, 0.3) is 0 Å². The van der Waals surface area contributed by atoms with E-state index in [0.29, 0.717) is 5.82 Å². The number of hydrogen-bond donors (Lipinski definition) is 1. The highest BCUT2D eigenvalue weighted by molar-refractivity contribution is 5.94. The fraction of sp³-hybridized carbons (Fsp3) is 0.800. The number of hydrogen-bond acceptors (Lipinski definition) is 5. The second-order valence-corrected chi connectivity index (χ2v) is 6.54. The lowest BCUT2D eigenvalue weighted by molar-refractivity contribution is -0.130. The summed E-state index contributed by atoms with van der Waals surface area (Å²) in [5.41, 5.74) is 0.847. The van der Waals surface area contributed by atoms with Gasteiger partial charge in [0.15, 0.2) is 5.82 Å². The number of nitrogens with one attached hydrogen (secondary N) is 1. The molecule has 2 rings (SSSR count). The van der Waals surface area contributed by atoms with Crippen LogP contribution in [0.1, 0.15) is 33.4 Å². The van der Waals surface area contributed by atoms with Crippen molar-refractivity contribution in [3.63, 3.8) is 0 Å². The second-order valence-electron chi connectivity index (χ2n) is 6.54. The third-order valence-corrected chi connectivity index (χ3v) is 4.09. The molecular weight excluding hydrogens is 282 g/mol. The highest BCUT2D eigenvalue weighted by Crippen LogP contribution is 2.20. The van der Waals surface area contributed by atoms with Crippen LogP contribution in [0.5, 0.6) is 0 Å². The van der Waals surface area contributed by atoms with Crippen LogP contribution in [0.4, 0.5) is 5.82 Å². The lowest BCUT2D eigenvalue weighted by Gasteiger charge is -2.40. The van der Waals surface area contributed by atoms with Crippen molar-refractivity contribution in [2.45, 2.75) is 52.9 Å². The Morgan fingerprint density at radius 2 is 1.91 bits per heavy atom. The van der Waals surface area contributed by atoms with Gasteiger partial charge < -0.3 is 10.1 Å². The Kier molecular flexibility index (Phi) is 5.18. The molecule has 22 heavy (non-hydrogen) atoms. The normalized spacial score (nSPS) is 24.5. The van der Waals surface area contributed by atoms with Crippen molar-refractivity contribution in [2.75, 3.05) is 18.4 Å². The Labute approximate surface area is 132 Å². The minimum Gasteiger partial charge on any atom is -0.373 e. The summed E-state index contributed by atoms with van der Waals surface area (Å²) < 4.78 is 7.42. The fourth-order valence-electron chi connectivity index (χ4n) is 3.05. The van der Waals surface area contributed by atoms with Gasteiger partial charge in [-0.05, 0) is 26.7 Å². The monoisotopic (exact) mass is 309 g/mol. The number of aromatic nitrogens is 3. The molecule has 124 valence electrons. The van der Waals surface area contributed by atoms with Gasteiger partial charge in [0.2, 0.25) is 5.91 Å². The average molecular weight is 309 g/mol. The van der Waals surface area contributed by atoms with E-state index in [1.54, 1.807) is 4.68 Å². The molecule has 1 aliphatic rings. The molecule has 3 unspecified atom stereocenters. The van der Waals surface area contributed by atoms with Gasteiger partial charge in [-0.2, -0.15) is 0 Å². The quantitative estimate of drug-likeness (QED) is 0.904. The highest BCUT2D eigenvalue weighted by Gasteiger charge is 2.34.